The number of carbonyl (C=O) groups excluding carboxylic acids is 1. The largest absolute Gasteiger partial charge is 0.473 e. The van der Waals surface area contributed by atoms with Crippen LogP contribution in [0.2, 0.25) is 0 Å². The molecule has 1 aliphatic rings. The summed E-state index contributed by atoms with van der Waals surface area (Å²) in [5.74, 6) is -2.89. The molecule has 7 nitrogen and oxygen atoms in total. The molecule has 1 aliphatic carbocycles. The van der Waals surface area contributed by atoms with Gasteiger partial charge in [0.05, 0.1) is 6.61 Å². The minimum atomic E-state index is -1.82. The second kappa shape index (κ2) is 13.7. The number of benzene rings is 1. The van der Waals surface area contributed by atoms with E-state index in [9.17, 15) is 4.79 Å². The first-order valence-corrected chi connectivity index (χ1v) is 10.2. The molecule has 0 unspecified atom stereocenters. The molecule has 0 radical (unpaired) electrons. The number of carbonyl (C=O) groups is 3. The van der Waals surface area contributed by atoms with Crippen LogP contribution in [0, 0.1) is 5.92 Å². The van der Waals surface area contributed by atoms with E-state index in [1.54, 1.807) is 0 Å². The Balaban J connectivity index is 0.000000612. The number of esters is 1. The van der Waals surface area contributed by atoms with Crippen molar-refractivity contribution in [3.05, 3.63) is 35.9 Å². The maximum absolute atomic E-state index is 11.4. The van der Waals surface area contributed by atoms with Crippen molar-refractivity contribution in [3.8, 4) is 0 Å². The van der Waals surface area contributed by atoms with Gasteiger partial charge < -0.3 is 14.9 Å². The van der Waals surface area contributed by atoms with Crippen molar-refractivity contribution in [1.82, 2.24) is 4.90 Å². The molecule has 0 spiro atoms. The van der Waals surface area contributed by atoms with Gasteiger partial charge in [-0.3, -0.25) is 9.69 Å². The van der Waals surface area contributed by atoms with Crippen molar-refractivity contribution in [1.29, 1.82) is 0 Å². The van der Waals surface area contributed by atoms with Gasteiger partial charge in [0.2, 0.25) is 0 Å². The van der Waals surface area contributed by atoms with Crippen molar-refractivity contribution in [2.45, 2.75) is 64.5 Å². The molecule has 0 bridgehead atoms. The lowest BCUT2D eigenvalue weighted by Crippen LogP contribution is -2.34. The molecule has 0 aromatic heterocycles. The summed E-state index contributed by atoms with van der Waals surface area (Å²) < 4.78 is 4.99. The first kappa shape index (κ1) is 24.6. The number of ether oxygens (including phenoxy) is 1. The van der Waals surface area contributed by atoms with E-state index in [0.29, 0.717) is 19.1 Å². The molecular weight excluding hydrogens is 374 g/mol. The smallest absolute Gasteiger partial charge is 0.414 e. The Morgan fingerprint density at radius 1 is 1.03 bits per heavy atom. The van der Waals surface area contributed by atoms with E-state index in [4.69, 9.17) is 24.5 Å². The van der Waals surface area contributed by atoms with Gasteiger partial charge in [0.1, 0.15) is 0 Å². The summed E-state index contributed by atoms with van der Waals surface area (Å²) in [5.41, 5.74) is 1.39. The molecule has 0 atom stereocenters. The quantitative estimate of drug-likeness (QED) is 0.501. The highest BCUT2D eigenvalue weighted by Gasteiger charge is 2.24. The van der Waals surface area contributed by atoms with Gasteiger partial charge >= 0.3 is 17.9 Å². The molecule has 1 saturated carbocycles. The summed E-state index contributed by atoms with van der Waals surface area (Å²) in [6.07, 6.45) is 7.91. The van der Waals surface area contributed by atoms with E-state index in [0.717, 1.165) is 18.9 Å². The number of carboxylic acid groups (broad SMARTS) is 2. The highest BCUT2D eigenvalue weighted by molar-refractivity contribution is 6.27. The molecule has 0 heterocycles. The summed E-state index contributed by atoms with van der Waals surface area (Å²) in [6, 6.07) is 11.4. The fourth-order valence-corrected chi connectivity index (χ4v) is 3.64. The van der Waals surface area contributed by atoms with Crippen LogP contribution in [0.1, 0.15) is 57.4 Å². The molecule has 0 saturated heterocycles. The molecule has 0 amide bonds. The van der Waals surface area contributed by atoms with Gasteiger partial charge in [0, 0.05) is 19.0 Å². The summed E-state index contributed by atoms with van der Waals surface area (Å²) in [7, 11) is 2.25. The number of hydrogen-bond acceptors (Lipinski definition) is 5. The van der Waals surface area contributed by atoms with E-state index < -0.39 is 11.9 Å². The minimum Gasteiger partial charge on any atom is -0.473 e. The fourth-order valence-electron chi connectivity index (χ4n) is 3.64. The van der Waals surface area contributed by atoms with Crippen molar-refractivity contribution in [2.75, 3.05) is 13.7 Å². The topological polar surface area (TPSA) is 104 Å². The van der Waals surface area contributed by atoms with Crippen LogP contribution in [0.5, 0.6) is 0 Å². The van der Waals surface area contributed by atoms with Crippen LogP contribution in [0.3, 0.4) is 0 Å². The Morgan fingerprint density at radius 3 is 2.14 bits per heavy atom. The maximum atomic E-state index is 11.4. The van der Waals surface area contributed by atoms with Crippen LogP contribution in [0.4, 0.5) is 0 Å². The van der Waals surface area contributed by atoms with Crippen LogP contribution < -0.4 is 0 Å². The third-order valence-corrected chi connectivity index (χ3v) is 5.20. The zero-order valence-corrected chi connectivity index (χ0v) is 17.4. The average Bonchev–Trinajstić information content (AvgIpc) is 2.70. The lowest BCUT2D eigenvalue weighted by Gasteiger charge is -2.34. The zero-order valence-electron chi connectivity index (χ0n) is 17.4. The predicted octanol–water partition coefficient (Wildman–Crippen LogP) is 3.57. The normalized spacial score (nSPS) is 18.4. The predicted molar refractivity (Wildman–Crippen MR) is 109 cm³/mol. The second-order valence-electron chi connectivity index (χ2n) is 7.38. The van der Waals surface area contributed by atoms with Gasteiger partial charge in [0.15, 0.2) is 0 Å². The first-order chi connectivity index (χ1) is 13.8. The molecule has 1 fully saturated rings. The van der Waals surface area contributed by atoms with E-state index in [1.165, 1.54) is 37.7 Å². The van der Waals surface area contributed by atoms with E-state index in [1.807, 2.05) is 6.92 Å². The summed E-state index contributed by atoms with van der Waals surface area (Å²) in [5, 5.41) is 14.8. The third-order valence-electron chi connectivity index (χ3n) is 5.20. The Hall–Kier alpha value is -2.41. The number of rotatable bonds is 8. The summed E-state index contributed by atoms with van der Waals surface area (Å²) in [6.45, 7) is 3.40. The zero-order chi connectivity index (χ0) is 21.6. The Labute approximate surface area is 172 Å². The molecule has 2 rings (SSSR count). The molecule has 2 N–H and O–H groups in total. The number of hydrogen-bond donors (Lipinski definition) is 2. The van der Waals surface area contributed by atoms with Crippen LogP contribution in [-0.2, 0) is 25.7 Å². The van der Waals surface area contributed by atoms with Gasteiger partial charge in [-0.2, -0.15) is 0 Å². The fraction of sp³-hybridized carbons (Fsp3) is 0.591. The van der Waals surface area contributed by atoms with Crippen LogP contribution >= 0.6 is 0 Å². The summed E-state index contributed by atoms with van der Waals surface area (Å²) in [4.78, 5) is 32.1. The van der Waals surface area contributed by atoms with Gasteiger partial charge in [-0.15, -0.1) is 0 Å². The number of nitrogens with zero attached hydrogens (tertiary/aromatic N) is 1. The van der Waals surface area contributed by atoms with Gasteiger partial charge in [-0.25, -0.2) is 9.59 Å². The highest BCUT2D eigenvalue weighted by atomic mass is 16.5. The monoisotopic (exact) mass is 407 g/mol. The third kappa shape index (κ3) is 10.6. The van der Waals surface area contributed by atoms with Crippen LogP contribution in [0.15, 0.2) is 30.3 Å². The van der Waals surface area contributed by atoms with E-state index in [-0.39, 0.29) is 5.97 Å². The van der Waals surface area contributed by atoms with Gasteiger partial charge in [-0.05, 0) is 64.0 Å². The number of carboxylic acids is 2. The van der Waals surface area contributed by atoms with Crippen LogP contribution in [0.25, 0.3) is 0 Å². The molecular formula is C22H33NO6. The molecule has 29 heavy (non-hydrogen) atoms. The van der Waals surface area contributed by atoms with E-state index >= 15 is 0 Å². The van der Waals surface area contributed by atoms with E-state index in [2.05, 4.69) is 42.3 Å². The van der Waals surface area contributed by atoms with Gasteiger partial charge in [0.25, 0.3) is 0 Å². The molecule has 1 aromatic rings. The van der Waals surface area contributed by atoms with Gasteiger partial charge in [-0.1, -0.05) is 30.3 Å². The lowest BCUT2D eigenvalue weighted by atomic mass is 9.82. The standard InChI is InChI=1S/C20H31NO2.C2H2O4/c1-3-23-20(22)11-7-10-17-12-14-19(15-13-17)21(2)16-18-8-5-4-6-9-18;3-1(4)2(5)6/h4-6,8-9,17,19H,3,7,10-16H2,1-2H3;(H,3,4)(H,5,6). The Bertz CT molecular complexity index is 613. The highest BCUT2D eigenvalue weighted by Crippen LogP contribution is 2.31. The second-order valence-corrected chi connectivity index (χ2v) is 7.38. The molecule has 1 aromatic carbocycles. The van der Waals surface area contributed by atoms with Crippen molar-refractivity contribution >= 4 is 17.9 Å². The van der Waals surface area contributed by atoms with Crippen molar-refractivity contribution in [3.63, 3.8) is 0 Å². The maximum Gasteiger partial charge on any atom is 0.414 e. The van der Waals surface area contributed by atoms with Crippen LogP contribution in [-0.4, -0.2) is 52.7 Å². The average molecular weight is 408 g/mol. The van der Waals surface area contributed by atoms with Crippen molar-refractivity contribution < 1.29 is 29.3 Å². The Kier molecular flexibility index (Phi) is 11.6. The minimum absolute atomic E-state index is 0.0382. The summed E-state index contributed by atoms with van der Waals surface area (Å²) >= 11 is 0. The molecule has 7 heteroatoms. The van der Waals surface area contributed by atoms with Crippen molar-refractivity contribution in [2.24, 2.45) is 5.92 Å². The molecule has 0 aliphatic heterocycles. The SMILES string of the molecule is CCOC(=O)CCCC1CCC(N(C)Cc2ccccc2)CC1.O=C(O)C(=O)O. The number of aliphatic carboxylic acids is 2. The lowest BCUT2D eigenvalue weighted by molar-refractivity contribution is -0.159. The first-order valence-electron chi connectivity index (χ1n) is 10.2. The molecule has 162 valence electrons. The Morgan fingerprint density at radius 2 is 1.62 bits per heavy atom.